The van der Waals surface area contributed by atoms with Gasteiger partial charge in [-0.1, -0.05) is 42.1 Å². The molecule has 4 rings (SSSR count). The molecule has 5 nitrogen and oxygen atoms in total. The summed E-state index contributed by atoms with van der Waals surface area (Å²) in [6, 6.07) is 18.2. The van der Waals surface area contributed by atoms with Gasteiger partial charge in [0.2, 0.25) is 5.91 Å². The van der Waals surface area contributed by atoms with Crippen molar-refractivity contribution in [2.45, 2.75) is 23.4 Å². The number of ether oxygens (including phenoxy) is 1. The smallest absolute Gasteiger partial charge is 0.230 e. The number of hydrogen-bond donors (Lipinski definition) is 1. The molecule has 28 heavy (non-hydrogen) atoms. The van der Waals surface area contributed by atoms with E-state index >= 15 is 0 Å². The van der Waals surface area contributed by atoms with Crippen LogP contribution in [-0.4, -0.2) is 34.9 Å². The maximum atomic E-state index is 12.4. The molecule has 0 bridgehead atoms. The second kappa shape index (κ2) is 8.10. The summed E-state index contributed by atoms with van der Waals surface area (Å²) in [4.78, 5) is 16.8. The molecule has 0 aliphatic heterocycles. The second-order valence-electron chi connectivity index (χ2n) is 6.99. The summed E-state index contributed by atoms with van der Waals surface area (Å²) >= 11 is 1.44. The van der Waals surface area contributed by atoms with E-state index in [1.54, 1.807) is 13.3 Å². The van der Waals surface area contributed by atoms with E-state index in [1.165, 1.54) is 17.3 Å². The van der Waals surface area contributed by atoms with Crippen molar-refractivity contribution in [3.8, 4) is 11.4 Å². The maximum Gasteiger partial charge on any atom is 0.230 e. The van der Waals surface area contributed by atoms with Crippen molar-refractivity contribution in [2.24, 2.45) is 0 Å². The molecule has 1 fully saturated rings. The van der Waals surface area contributed by atoms with Crippen molar-refractivity contribution in [3.63, 3.8) is 0 Å². The molecular formula is C22H23N3O2S. The Hall–Kier alpha value is -2.73. The van der Waals surface area contributed by atoms with E-state index in [2.05, 4.69) is 34.6 Å². The molecule has 0 unspecified atom stereocenters. The Labute approximate surface area is 169 Å². The minimum atomic E-state index is 0.0384. The number of thioether (sulfide) groups is 1. The van der Waals surface area contributed by atoms with Crippen LogP contribution in [-0.2, 0) is 10.2 Å². The number of aromatic nitrogens is 2. The number of methoxy groups -OCH3 is 1. The van der Waals surface area contributed by atoms with Crippen molar-refractivity contribution in [3.05, 3.63) is 72.6 Å². The Balaban J connectivity index is 1.33. The van der Waals surface area contributed by atoms with Crippen LogP contribution < -0.4 is 10.1 Å². The maximum absolute atomic E-state index is 12.4. The zero-order valence-electron chi connectivity index (χ0n) is 15.8. The molecule has 144 valence electrons. The molecule has 1 N–H and O–H groups in total. The first-order chi connectivity index (χ1) is 13.7. The van der Waals surface area contributed by atoms with Crippen LogP contribution in [0.4, 0.5) is 0 Å². The number of nitrogens with one attached hydrogen (secondary N) is 1. The molecule has 1 saturated carbocycles. The Bertz CT molecular complexity index is 934. The van der Waals surface area contributed by atoms with E-state index in [0.29, 0.717) is 12.3 Å². The molecule has 1 aromatic heterocycles. The summed E-state index contributed by atoms with van der Waals surface area (Å²) in [7, 11) is 1.65. The highest BCUT2D eigenvalue weighted by atomic mass is 32.2. The third-order valence-electron chi connectivity index (χ3n) is 5.15. The van der Waals surface area contributed by atoms with E-state index in [4.69, 9.17) is 4.74 Å². The monoisotopic (exact) mass is 393 g/mol. The number of carbonyl (C=O) groups excluding carboxylic acids is 1. The normalized spacial score (nSPS) is 14.5. The van der Waals surface area contributed by atoms with Gasteiger partial charge in [-0.25, -0.2) is 4.98 Å². The molecular weight excluding hydrogens is 370 g/mol. The van der Waals surface area contributed by atoms with E-state index in [1.807, 2.05) is 41.1 Å². The van der Waals surface area contributed by atoms with Crippen molar-refractivity contribution in [1.82, 2.24) is 14.9 Å². The van der Waals surface area contributed by atoms with Crippen molar-refractivity contribution < 1.29 is 9.53 Å². The minimum absolute atomic E-state index is 0.0384. The zero-order valence-corrected chi connectivity index (χ0v) is 16.6. The highest BCUT2D eigenvalue weighted by Crippen LogP contribution is 2.47. The fourth-order valence-electron chi connectivity index (χ4n) is 3.29. The van der Waals surface area contributed by atoms with Gasteiger partial charge >= 0.3 is 0 Å². The van der Waals surface area contributed by atoms with Crippen LogP contribution in [0.2, 0.25) is 0 Å². The summed E-state index contributed by atoms with van der Waals surface area (Å²) < 4.78 is 7.18. The van der Waals surface area contributed by atoms with E-state index in [9.17, 15) is 4.79 Å². The van der Waals surface area contributed by atoms with Gasteiger partial charge in [0.1, 0.15) is 5.75 Å². The zero-order chi connectivity index (χ0) is 19.4. The van der Waals surface area contributed by atoms with Crippen LogP contribution in [0.3, 0.4) is 0 Å². The molecule has 6 heteroatoms. The van der Waals surface area contributed by atoms with E-state index in [0.717, 1.165) is 29.4 Å². The lowest BCUT2D eigenvalue weighted by Gasteiger charge is -2.16. The largest absolute Gasteiger partial charge is 0.497 e. The van der Waals surface area contributed by atoms with Gasteiger partial charge in [0.05, 0.1) is 12.9 Å². The van der Waals surface area contributed by atoms with Gasteiger partial charge in [-0.3, -0.25) is 9.36 Å². The summed E-state index contributed by atoms with van der Waals surface area (Å²) in [5.74, 6) is 1.19. The Morgan fingerprint density at radius 3 is 2.61 bits per heavy atom. The molecule has 0 radical (unpaired) electrons. The number of amides is 1. The predicted molar refractivity (Wildman–Crippen MR) is 111 cm³/mol. The SMILES string of the molecule is COc1ccc(-n2ccnc2SCC(=O)NCC2(c3ccccc3)CC2)cc1. The highest BCUT2D eigenvalue weighted by Gasteiger charge is 2.44. The van der Waals surface area contributed by atoms with Crippen LogP contribution in [0, 0.1) is 0 Å². The first kappa shape index (κ1) is 18.6. The molecule has 1 amide bonds. The second-order valence-corrected chi connectivity index (χ2v) is 7.93. The van der Waals surface area contributed by atoms with Gasteiger partial charge in [-0.2, -0.15) is 0 Å². The van der Waals surface area contributed by atoms with Gasteiger partial charge in [-0.05, 0) is 42.7 Å². The molecule has 1 aliphatic carbocycles. The van der Waals surface area contributed by atoms with Gasteiger partial charge in [0.15, 0.2) is 5.16 Å². The van der Waals surface area contributed by atoms with Crippen molar-refractivity contribution >= 4 is 17.7 Å². The number of hydrogen-bond acceptors (Lipinski definition) is 4. The van der Waals surface area contributed by atoms with E-state index < -0.39 is 0 Å². The first-order valence-electron chi connectivity index (χ1n) is 9.33. The molecule has 0 spiro atoms. The van der Waals surface area contributed by atoms with Crippen LogP contribution in [0.5, 0.6) is 5.75 Å². The standard InChI is InChI=1S/C22H23N3O2S/c1-27-19-9-7-18(8-10-19)25-14-13-23-21(25)28-15-20(26)24-16-22(11-12-22)17-5-3-2-4-6-17/h2-10,13-14H,11-12,15-16H2,1H3,(H,24,26). The Morgan fingerprint density at radius 1 is 1.18 bits per heavy atom. The fourth-order valence-corrected chi connectivity index (χ4v) is 4.10. The summed E-state index contributed by atoms with van der Waals surface area (Å²) in [5, 5.41) is 3.90. The number of rotatable bonds is 8. The van der Waals surface area contributed by atoms with Gasteiger partial charge in [0.25, 0.3) is 0 Å². The van der Waals surface area contributed by atoms with Crippen molar-refractivity contribution in [1.29, 1.82) is 0 Å². The molecule has 2 aromatic carbocycles. The van der Waals surface area contributed by atoms with Crippen molar-refractivity contribution in [2.75, 3.05) is 19.4 Å². The summed E-state index contributed by atoms with van der Waals surface area (Å²) in [5.41, 5.74) is 2.43. The molecule has 1 aliphatic rings. The number of nitrogens with zero attached hydrogens (tertiary/aromatic N) is 2. The predicted octanol–water partition coefficient (Wildman–Crippen LogP) is 3.82. The molecule has 1 heterocycles. The number of carbonyl (C=O) groups is 1. The fraction of sp³-hybridized carbons (Fsp3) is 0.273. The topological polar surface area (TPSA) is 56.2 Å². The van der Waals surface area contributed by atoms with Crippen LogP contribution in [0.1, 0.15) is 18.4 Å². The van der Waals surface area contributed by atoms with E-state index in [-0.39, 0.29) is 11.3 Å². The van der Waals surface area contributed by atoms with Crippen LogP contribution >= 0.6 is 11.8 Å². The minimum Gasteiger partial charge on any atom is -0.497 e. The average molecular weight is 394 g/mol. The summed E-state index contributed by atoms with van der Waals surface area (Å²) in [6.07, 6.45) is 5.91. The molecule has 0 atom stereocenters. The van der Waals surface area contributed by atoms with Gasteiger partial charge in [-0.15, -0.1) is 0 Å². The lowest BCUT2D eigenvalue weighted by molar-refractivity contribution is -0.118. The van der Waals surface area contributed by atoms with Crippen LogP contribution in [0.25, 0.3) is 5.69 Å². The quantitative estimate of drug-likeness (QED) is 0.591. The first-order valence-corrected chi connectivity index (χ1v) is 10.3. The third kappa shape index (κ3) is 4.07. The van der Waals surface area contributed by atoms with Gasteiger partial charge < -0.3 is 10.1 Å². The summed E-state index contributed by atoms with van der Waals surface area (Å²) in [6.45, 7) is 0.698. The lowest BCUT2D eigenvalue weighted by atomic mass is 9.96. The Kier molecular flexibility index (Phi) is 5.39. The molecule has 3 aromatic rings. The third-order valence-corrected chi connectivity index (χ3v) is 6.12. The Morgan fingerprint density at radius 2 is 1.93 bits per heavy atom. The number of benzene rings is 2. The lowest BCUT2D eigenvalue weighted by Crippen LogP contribution is -2.33. The highest BCUT2D eigenvalue weighted by molar-refractivity contribution is 7.99. The number of imidazole rings is 1. The average Bonchev–Trinajstić information content (AvgIpc) is 3.40. The van der Waals surface area contributed by atoms with Crippen LogP contribution in [0.15, 0.2) is 72.1 Å². The molecule has 0 saturated heterocycles. The van der Waals surface area contributed by atoms with Gasteiger partial charge in [0, 0.05) is 30.0 Å².